The van der Waals surface area contributed by atoms with Crippen molar-refractivity contribution in [1.82, 2.24) is 5.32 Å². The highest BCUT2D eigenvalue weighted by Crippen LogP contribution is 2.22. The molecule has 14 heavy (non-hydrogen) atoms. The molecule has 0 saturated carbocycles. The Balaban J connectivity index is 2.08. The van der Waals surface area contributed by atoms with Gasteiger partial charge in [0.05, 0.1) is 0 Å². The van der Waals surface area contributed by atoms with Crippen LogP contribution in [0.15, 0.2) is 24.3 Å². The van der Waals surface area contributed by atoms with Crippen molar-refractivity contribution in [2.75, 3.05) is 24.6 Å². The summed E-state index contributed by atoms with van der Waals surface area (Å²) in [4.78, 5) is 0. The summed E-state index contributed by atoms with van der Waals surface area (Å²) in [5.74, 6) is 3.21. The van der Waals surface area contributed by atoms with Crippen molar-refractivity contribution in [3.8, 4) is 0 Å². The molecule has 2 heteroatoms. The van der Waals surface area contributed by atoms with E-state index < -0.39 is 0 Å². The molecule has 1 saturated heterocycles. The molecular weight excluding hydrogens is 190 g/mol. The van der Waals surface area contributed by atoms with Gasteiger partial charge in [-0.1, -0.05) is 29.8 Å². The zero-order chi connectivity index (χ0) is 9.80. The van der Waals surface area contributed by atoms with Gasteiger partial charge in [-0.3, -0.25) is 0 Å². The number of hydrogen-bond donors (Lipinski definition) is 1. The molecule has 0 spiro atoms. The van der Waals surface area contributed by atoms with E-state index in [0.717, 1.165) is 13.1 Å². The molecular formula is C12H17NS. The number of benzene rings is 1. The van der Waals surface area contributed by atoms with E-state index in [4.69, 9.17) is 0 Å². The zero-order valence-corrected chi connectivity index (χ0v) is 9.44. The molecule has 0 aromatic heterocycles. The van der Waals surface area contributed by atoms with Crippen LogP contribution in [0.3, 0.4) is 0 Å². The second-order valence-corrected chi connectivity index (χ2v) is 5.04. The predicted octanol–water partition coefficient (Wildman–Crippen LogP) is 2.42. The van der Waals surface area contributed by atoms with Gasteiger partial charge in [-0.2, -0.15) is 11.8 Å². The van der Waals surface area contributed by atoms with Gasteiger partial charge in [-0.25, -0.2) is 0 Å². The number of nitrogens with one attached hydrogen (secondary N) is 1. The van der Waals surface area contributed by atoms with Crippen molar-refractivity contribution in [3.05, 3.63) is 35.4 Å². The van der Waals surface area contributed by atoms with E-state index in [-0.39, 0.29) is 0 Å². The van der Waals surface area contributed by atoms with Gasteiger partial charge >= 0.3 is 0 Å². The summed E-state index contributed by atoms with van der Waals surface area (Å²) in [6.07, 6.45) is 0. The van der Waals surface area contributed by atoms with Crippen LogP contribution >= 0.6 is 11.8 Å². The minimum atomic E-state index is 0.697. The van der Waals surface area contributed by atoms with Gasteiger partial charge in [-0.15, -0.1) is 0 Å². The van der Waals surface area contributed by atoms with Crippen LogP contribution in [-0.2, 0) is 0 Å². The lowest BCUT2D eigenvalue weighted by molar-refractivity contribution is 0.656. The highest BCUT2D eigenvalue weighted by Gasteiger charge is 2.13. The first-order valence-corrected chi connectivity index (χ1v) is 6.37. The maximum Gasteiger partial charge on any atom is 0.00583 e. The lowest BCUT2D eigenvalue weighted by atomic mass is 10.00. The van der Waals surface area contributed by atoms with Crippen LogP contribution in [0.1, 0.15) is 17.0 Å². The summed E-state index contributed by atoms with van der Waals surface area (Å²) in [7, 11) is 0. The molecule has 1 atom stereocenters. The van der Waals surface area contributed by atoms with E-state index in [1.165, 1.54) is 22.6 Å². The molecule has 1 heterocycles. The molecule has 1 aliphatic heterocycles. The Morgan fingerprint density at radius 2 is 2.07 bits per heavy atom. The van der Waals surface area contributed by atoms with Crippen molar-refractivity contribution < 1.29 is 0 Å². The van der Waals surface area contributed by atoms with Gasteiger partial charge in [0, 0.05) is 30.5 Å². The summed E-state index contributed by atoms with van der Waals surface area (Å²) in [5, 5.41) is 3.49. The third kappa shape index (κ3) is 2.52. The first-order valence-electron chi connectivity index (χ1n) is 5.21. The van der Waals surface area contributed by atoms with Gasteiger partial charge in [0.2, 0.25) is 0 Å². The van der Waals surface area contributed by atoms with Gasteiger partial charge in [0.25, 0.3) is 0 Å². The smallest absolute Gasteiger partial charge is 0.00583 e. The molecule has 1 N–H and O–H groups in total. The van der Waals surface area contributed by atoms with Crippen LogP contribution in [0.4, 0.5) is 0 Å². The Labute approximate surface area is 90.3 Å². The number of thioether (sulfide) groups is 1. The van der Waals surface area contributed by atoms with Crippen molar-refractivity contribution >= 4 is 11.8 Å². The Hall–Kier alpha value is -0.470. The third-order valence-electron chi connectivity index (χ3n) is 2.68. The van der Waals surface area contributed by atoms with E-state index in [1.807, 2.05) is 0 Å². The number of aryl methyl sites for hydroxylation is 1. The van der Waals surface area contributed by atoms with Crippen molar-refractivity contribution in [2.24, 2.45) is 0 Å². The topological polar surface area (TPSA) is 12.0 Å². The highest BCUT2D eigenvalue weighted by atomic mass is 32.2. The third-order valence-corrected chi connectivity index (χ3v) is 3.81. The molecule has 1 aromatic carbocycles. The molecule has 0 radical (unpaired) electrons. The van der Waals surface area contributed by atoms with Gasteiger partial charge in [0.15, 0.2) is 0 Å². The quantitative estimate of drug-likeness (QED) is 0.759. The Morgan fingerprint density at radius 3 is 2.86 bits per heavy atom. The largest absolute Gasteiger partial charge is 0.315 e. The molecule has 1 aromatic rings. The molecule has 0 amide bonds. The monoisotopic (exact) mass is 207 g/mol. The molecule has 1 unspecified atom stereocenters. The van der Waals surface area contributed by atoms with Crippen molar-refractivity contribution in [2.45, 2.75) is 12.8 Å². The summed E-state index contributed by atoms with van der Waals surface area (Å²) in [5.41, 5.74) is 2.83. The predicted molar refractivity (Wildman–Crippen MR) is 64.1 cm³/mol. The number of rotatable bonds is 1. The van der Waals surface area contributed by atoms with Crippen LogP contribution in [0.2, 0.25) is 0 Å². The SMILES string of the molecule is Cc1ccc(C2CNCCSC2)cc1. The van der Waals surface area contributed by atoms with Crippen LogP contribution < -0.4 is 5.32 Å². The van der Waals surface area contributed by atoms with E-state index in [0.29, 0.717) is 5.92 Å². The molecule has 1 aliphatic rings. The maximum atomic E-state index is 3.49. The normalized spacial score (nSPS) is 23.1. The van der Waals surface area contributed by atoms with Crippen LogP contribution in [0.5, 0.6) is 0 Å². The molecule has 76 valence electrons. The van der Waals surface area contributed by atoms with Crippen molar-refractivity contribution in [1.29, 1.82) is 0 Å². The Bertz CT molecular complexity index is 273. The summed E-state index contributed by atoms with van der Waals surface area (Å²) < 4.78 is 0. The molecule has 2 rings (SSSR count). The summed E-state index contributed by atoms with van der Waals surface area (Å²) >= 11 is 2.06. The van der Waals surface area contributed by atoms with Gasteiger partial charge in [-0.05, 0) is 12.5 Å². The first-order chi connectivity index (χ1) is 6.86. The minimum Gasteiger partial charge on any atom is -0.315 e. The van der Waals surface area contributed by atoms with Gasteiger partial charge in [0.1, 0.15) is 0 Å². The standard InChI is InChI=1S/C12H17NS/c1-10-2-4-11(5-3-10)12-8-13-6-7-14-9-12/h2-5,12-13H,6-9H2,1H3. The Kier molecular flexibility index (Phi) is 3.49. The second-order valence-electron chi connectivity index (χ2n) is 3.89. The van der Waals surface area contributed by atoms with Gasteiger partial charge < -0.3 is 5.32 Å². The average Bonchev–Trinajstić information content (AvgIpc) is 2.47. The van der Waals surface area contributed by atoms with Crippen LogP contribution in [-0.4, -0.2) is 24.6 Å². The molecule has 1 nitrogen and oxygen atoms in total. The van der Waals surface area contributed by atoms with Crippen LogP contribution in [0.25, 0.3) is 0 Å². The summed E-state index contributed by atoms with van der Waals surface area (Å²) in [6, 6.07) is 8.97. The van der Waals surface area contributed by atoms with E-state index in [1.54, 1.807) is 0 Å². The highest BCUT2D eigenvalue weighted by molar-refractivity contribution is 7.99. The van der Waals surface area contributed by atoms with E-state index in [9.17, 15) is 0 Å². The van der Waals surface area contributed by atoms with Crippen molar-refractivity contribution in [3.63, 3.8) is 0 Å². The molecule has 0 aliphatic carbocycles. The Morgan fingerprint density at radius 1 is 1.29 bits per heavy atom. The molecule has 0 bridgehead atoms. The fourth-order valence-electron chi connectivity index (χ4n) is 1.76. The number of hydrogen-bond acceptors (Lipinski definition) is 2. The fourth-order valence-corrected chi connectivity index (χ4v) is 2.81. The molecule has 1 fully saturated rings. The van der Waals surface area contributed by atoms with Crippen LogP contribution in [0, 0.1) is 6.92 Å². The summed E-state index contributed by atoms with van der Waals surface area (Å²) in [6.45, 7) is 4.44. The zero-order valence-electron chi connectivity index (χ0n) is 8.62. The van der Waals surface area contributed by atoms with E-state index in [2.05, 4.69) is 48.3 Å². The lowest BCUT2D eigenvalue weighted by Gasteiger charge is -2.14. The minimum absolute atomic E-state index is 0.697. The van der Waals surface area contributed by atoms with E-state index >= 15 is 0 Å². The lowest BCUT2D eigenvalue weighted by Crippen LogP contribution is -2.21. The fraction of sp³-hybridized carbons (Fsp3) is 0.500. The average molecular weight is 207 g/mol. The first kappa shape index (κ1) is 10.1. The second kappa shape index (κ2) is 4.85. The maximum absolute atomic E-state index is 3.49.